The lowest BCUT2D eigenvalue weighted by Gasteiger charge is -2.24. The average Bonchev–Trinajstić information content (AvgIpc) is 2.86. The predicted octanol–water partition coefficient (Wildman–Crippen LogP) is 3.56. The Hall–Kier alpha value is -1.65. The minimum Gasteiger partial charge on any atom is -0.357 e. The zero-order valence-electron chi connectivity index (χ0n) is 10.9. The van der Waals surface area contributed by atoms with Crippen molar-refractivity contribution in [3.8, 4) is 0 Å². The number of benzene rings is 1. The molecule has 4 heteroatoms. The second-order valence-corrected chi connectivity index (χ2v) is 6.04. The highest BCUT2D eigenvalue weighted by molar-refractivity contribution is 9.10. The lowest BCUT2D eigenvalue weighted by Crippen LogP contribution is -2.30. The molecule has 0 bridgehead atoms. The fraction of sp³-hybridized carbons (Fsp3) is 0.188. The largest absolute Gasteiger partial charge is 0.357 e. The summed E-state index contributed by atoms with van der Waals surface area (Å²) >= 11 is 3.57. The Morgan fingerprint density at radius 2 is 2.00 bits per heavy atom. The molecular formula is C16H14BrN3. The number of nitrogens with one attached hydrogen (secondary N) is 2. The molecule has 0 aliphatic carbocycles. The van der Waals surface area contributed by atoms with Gasteiger partial charge in [-0.3, -0.25) is 4.98 Å². The number of nitrogens with zero attached hydrogens (tertiary/aromatic N) is 1. The molecule has 0 radical (unpaired) electrons. The Morgan fingerprint density at radius 1 is 1.15 bits per heavy atom. The molecule has 2 N–H and O–H groups in total. The van der Waals surface area contributed by atoms with E-state index in [-0.39, 0.29) is 6.04 Å². The summed E-state index contributed by atoms with van der Waals surface area (Å²) in [5, 5.41) is 4.93. The first kappa shape index (κ1) is 12.1. The van der Waals surface area contributed by atoms with Crippen LogP contribution < -0.4 is 5.32 Å². The van der Waals surface area contributed by atoms with E-state index in [1.807, 2.05) is 12.4 Å². The molecule has 0 fully saturated rings. The number of H-pyrrole nitrogens is 1. The Kier molecular flexibility index (Phi) is 2.86. The van der Waals surface area contributed by atoms with Gasteiger partial charge in [0.15, 0.2) is 0 Å². The van der Waals surface area contributed by atoms with Crippen LogP contribution in [-0.2, 0) is 6.42 Å². The molecule has 100 valence electrons. The number of hydrogen-bond donors (Lipinski definition) is 2. The van der Waals surface area contributed by atoms with E-state index in [0.717, 1.165) is 17.4 Å². The number of fused-ring (bicyclic) bond motifs is 3. The molecule has 4 rings (SSSR count). The van der Waals surface area contributed by atoms with Gasteiger partial charge >= 0.3 is 0 Å². The molecule has 20 heavy (non-hydrogen) atoms. The topological polar surface area (TPSA) is 40.7 Å². The SMILES string of the molecule is Brc1ccc2[nH]c3c(c2c1)CCNC3c1ccncc1. The summed E-state index contributed by atoms with van der Waals surface area (Å²) in [5.41, 5.74) is 5.19. The molecule has 1 aliphatic rings. The summed E-state index contributed by atoms with van der Waals surface area (Å²) in [5.74, 6) is 0. The van der Waals surface area contributed by atoms with Gasteiger partial charge in [-0.25, -0.2) is 0 Å². The minimum absolute atomic E-state index is 0.230. The monoisotopic (exact) mass is 327 g/mol. The molecule has 0 amide bonds. The third kappa shape index (κ3) is 1.87. The van der Waals surface area contributed by atoms with Gasteiger partial charge in [0.2, 0.25) is 0 Å². The first-order chi connectivity index (χ1) is 9.83. The molecule has 0 saturated heterocycles. The maximum atomic E-state index is 4.11. The van der Waals surface area contributed by atoms with Crippen molar-refractivity contribution in [2.45, 2.75) is 12.5 Å². The third-order valence-electron chi connectivity index (χ3n) is 3.95. The third-order valence-corrected chi connectivity index (χ3v) is 4.45. The summed E-state index contributed by atoms with van der Waals surface area (Å²) in [4.78, 5) is 7.69. The van der Waals surface area contributed by atoms with Crippen LogP contribution in [0.4, 0.5) is 0 Å². The highest BCUT2D eigenvalue weighted by Crippen LogP contribution is 2.34. The van der Waals surface area contributed by atoms with Crippen LogP contribution in [0.3, 0.4) is 0 Å². The van der Waals surface area contributed by atoms with Crippen molar-refractivity contribution in [3.05, 3.63) is 64.0 Å². The summed E-state index contributed by atoms with van der Waals surface area (Å²) < 4.78 is 1.13. The van der Waals surface area contributed by atoms with E-state index in [1.54, 1.807) is 0 Å². The second-order valence-electron chi connectivity index (χ2n) is 5.12. The van der Waals surface area contributed by atoms with Gasteiger partial charge in [-0.1, -0.05) is 15.9 Å². The average molecular weight is 328 g/mol. The Balaban J connectivity index is 1.91. The zero-order valence-corrected chi connectivity index (χ0v) is 12.4. The molecule has 1 aromatic carbocycles. The minimum atomic E-state index is 0.230. The fourth-order valence-corrected chi connectivity index (χ4v) is 3.40. The highest BCUT2D eigenvalue weighted by atomic mass is 79.9. The molecule has 1 atom stereocenters. The van der Waals surface area contributed by atoms with Crippen LogP contribution in [0, 0.1) is 0 Å². The van der Waals surface area contributed by atoms with Gasteiger partial charge in [0, 0.05) is 40.0 Å². The number of pyridine rings is 1. The van der Waals surface area contributed by atoms with Crippen molar-refractivity contribution in [1.82, 2.24) is 15.3 Å². The Morgan fingerprint density at radius 3 is 2.85 bits per heavy atom. The van der Waals surface area contributed by atoms with Crippen molar-refractivity contribution in [1.29, 1.82) is 0 Å². The summed E-state index contributed by atoms with van der Waals surface area (Å²) in [6.45, 7) is 0.999. The highest BCUT2D eigenvalue weighted by Gasteiger charge is 2.24. The van der Waals surface area contributed by atoms with Gasteiger partial charge in [-0.05, 0) is 47.9 Å². The maximum absolute atomic E-state index is 4.11. The molecule has 3 aromatic rings. The van der Waals surface area contributed by atoms with E-state index in [9.17, 15) is 0 Å². The van der Waals surface area contributed by atoms with E-state index in [1.165, 1.54) is 27.7 Å². The smallest absolute Gasteiger partial charge is 0.0733 e. The number of rotatable bonds is 1. The van der Waals surface area contributed by atoms with Crippen molar-refractivity contribution in [2.24, 2.45) is 0 Å². The maximum Gasteiger partial charge on any atom is 0.0733 e. The molecule has 0 spiro atoms. The van der Waals surface area contributed by atoms with Gasteiger partial charge in [-0.15, -0.1) is 0 Å². The van der Waals surface area contributed by atoms with Gasteiger partial charge in [-0.2, -0.15) is 0 Å². The van der Waals surface area contributed by atoms with E-state index in [4.69, 9.17) is 0 Å². The summed E-state index contributed by atoms with van der Waals surface area (Å²) in [7, 11) is 0. The van der Waals surface area contributed by atoms with E-state index in [0.29, 0.717) is 0 Å². The van der Waals surface area contributed by atoms with Crippen LogP contribution in [-0.4, -0.2) is 16.5 Å². The lowest BCUT2D eigenvalue weighted by atomic mass is 9.95. The van der Waals surface area contributed by atoms with Crippen LogP contribution in [0.25, 0.3) is 10.9 Å². The van der Waals surface area contributed by atoms with Crippen LogP contribution >= 0.6 is 15.9 Å². The molecule has 1 aliphatic heterocycles. The lowest BCUT2D eigenvalue weighted by molar-refractivity contribution is 0.560. The molecule has 0 saturated carbocycles. The van der Waals surface area contributed by atoms with Crippen molar-refractivity contribution in [3.63, 3.8) is 0 Å². The molecule has 1 unspecified atom stereocenters. The summed E-state index contributed by atoms with van der Waals surface area (Å²) in [6, 6.07) is 10.8. The normalized spacial score (nSPS) is 18.1. The van der Waals surface area contributed by atoms with Crippen LogP contribution in [0.2, 0.25) is 0 Å². The van der Waals surface area contributed by atoms with Gasteiger partial charge in [0.1, 0.15) is 0 Å². The molecular weight excluding hydrogens is 314 g/mol. The fourth-order valence-electron chi connectivity index (χ4n) is 3.04. The van der Waals surface area contributed by atoms with E-state index >= 15 is 0 Å². The molecule has 3 heterocycles. The first-order valence-corrected chi connectivity index (χ1v) is 7.55. The summed E-state index contributed by atoms with van der Waals surface area (Å²) in [6.07, 6.45) is 4.77. The Labute approximate surface area is 125 Å². The standard InChI is InChI=1S/C16H14BrN3/c17-11-1-2-14-13(9-11)12-5-8-19-15(16(12)20-14)10-3-6-18-7-4-10/h1-4,6-7,9,15,19-20H,5,8H2. The number of hydrogen-bond acceptors (Lipinski definition) is 2. The van der Waals surface area contributed by atoms with E-state index in [2.05, 4.69) is 61.5 Å². The van der Waals surface area contributed by atoms with Gasteiger partial charge < -0.3 is 10.3 Å². The number of halogens is 1. The van der Waals surface area contributed by atoms with Crippen molar-refractivity contribution in [2.75, 3.05) is 6.54 Å². The predicted molar refractivity (Wildman–Crippen MR) is 83.8 cm³/mol. The number of aromatic nitrogens is 2. The first-order valence-electron chi connectivity index (χ1n) is 6.76. The van der Waals surface area contributed by atoms with Crippen LogP contribution in [0.5, 0.6) is 0 Å². The van der Waals surface area contributed by atoms with Gasteiger partial charge in [0.05, 0.1) is 6.04 Å². The van der Waals surface area contributed by atoms with E-state index < -0.39 is 0 Å². The van der Waals surface area contributed by atoms with Gasteiger partial charge in [0.25, 0.3) is 0 Å². The van der Waals surface area contributed by atoms with Crippen molar-refractivity contribution < 1.29 is 0 Å². The Bertz CT molecular complexity index is 764. The quantitative estimate of drug-likeness (QED) is 0.717. The molecule has 2 aromatic heterocycles. The number of aromatic amines is 1. The molecule has 3 nitrogen and oxygen atoms in total. The van der Waals surface area contributed by atoms with Crippen LogP contribution in [0.15, 0.2) is 47.2 Å². The van der Waals surface area contributed by atoms with Crippen LogP contribution in [0.1, 0.15) is 22.9 Å². The van der Waals surface area contributed by atoms with Crippen molar-refractivity contribution >= 4 is 26.8 Å². The second kappa shape index (κ2) is 4.72. The zero-order chi connectivity index (χ0) is 13.5.